The fourth-order valence-electron chi connectivity index (χ4n) is 8.20. The van der Waals surface area contributed by atoms with E-state index in [4.69, 9.17) is 14.4 Å². The SMILES string of the molecule is CC1(C)c2cc3c(cc2N(c2cccc(C(F)C4=CC5c6nccn6-c6ccccc6C5C=C4)c2)c2ncccc21)oc1ccccc13. The zero-order chi connectivity index (χ0) is 32.1. The number of hydrogen-bond donors (Lipinski definition) is 0. The lowest BCUT2D eigenvalue weighted by molar-refractivity contribution is 0.397. The van der Waals surface area contributed by atoms with Crippen molar-refractivity contribution < 1.29 is 8.81 Å². The van der Waals surface area contributed by atoms with Crippen molar-refractivity contribution in [3.8, 4) is 5.69 Å². The predicted molar refractivity (Wildman–Crippen MR) is 188 cm³/mol. The second-order valence-electron chi connectivity index (χ2n) is 13.5. The Morgan fingerprint density at radius 3 is 2.58 bits per heavy atom. The van der Waals surface area contributed by atoms with Crippen LogP contribution in [0.15, 0.2) is 144 Å². The van der Waals surface area contributed by atoms with Gasteiger partial charge in [0.1, 0.15) is 22.8 Å². The summed E-state index contributed by atoms with van der Waals surface area (Å²) in [6.07, 6.45) is 10.5. The Balaban J connectivity index is 1.08. The Morgan fingerprint density at radius 1 is 0.771 bits per heavy atom. The van der Waals surface area contributed by atoms with Crippen LogP contribution >= 0.6 is 0 Å². The number of rotatable bonds is 3. The summed E-state index contributed by atoms with van der Waals surface area (Å²) in [5.41, 5.74) is 9.07. The summed E-state index contributed by atoms with van der Waals surface area (Å²) in [6.45, 7) is 4.49. The van der Waals surface area contributed by atoms with Crippen molar-refractivity contribution in [3.63, 3.8) is 0 Å². The normalized spacial score (nSPS) is 19.2. The molecule has 48 heavy (non-hydrogen) atoms. The van der Waals surface area contributed by atoms with Crippen molar-refractivity contribution in [2.75, 3.05) is 4.90 Å². The van der Waals surface area contributed by atoms with Crippen LogP contribution in [0.5, 0.6) is 0 Å². The number of aromatic nitrogens is 3. The molecule has 1 aliphatic carbocycles. The van der Waals surface area contributed by atoms with E-state index in [0.29, 0.717) is 11.1 Å². The number of nitrogens with zero attached hydrogens (tertiary/aromatic N) is 4. The summed E-state index contributed by atoms with van der Waals surface area (Å²) in [6, 6.07) is 32.9. The van der Waals surface area contributed by atoms with Crippen molar-refractivity contribution in [2.24, 2.45) is 0 Å². The number of anilines is 3. The summed E-state index contributed by atoms with van der Waals surface area (Å²) in [5.74, 6) is 1.85. The van der Waals surface area contributed by atoms with Crippen LogP contribution in [0.2, 0.25) is 0 Å². The fourth-order valence-corrected chi connectivity index (χ4v) is 8.20. The summed E-state index contributed by atoms with van der Waals surface area (Å²) in [5, 5.41) is 2.18. The van der Waals surface area contributed by atoms with E-state index in [-0.39, 0.29) is 17.3 Å². The maximum absolute atomic E-state index is 16.8. The quantitative estimate of drug-likeness (QED) is 0.196. The number of hydrogen-bond acceptors (Lipinski definition) is 4. The molecule has 0 saturated carbocycles. The lowest BCUT2D eigenvalue weighted by Gasteiger charge is -2.41. The third-order valence-electron chi connectivity index (χ3n) is 10.6. The van der Waals surface area contributed by atoms with Gasteiger partial charge in [-0.05, 0) is 58.7 Å². The van der Waals surface area contributed by atoms with E-state index in [1.165, 1.54) is 11.1 Å². The molecule has 5 heterocycles. The van der Waals surface area contributed by atoms with Crippen LogP contribution in [0, 0.1) is 0 Å². The van der Waals surface area contributed by atoms with Crippen LogP contribution in [0.4, 0.5) is 21.6 Å². The predicted octanol–water partition coefficient (Wildman–Crippen LogP) is 10.7. The highest BCUT2D eigenvalue weighted by Crippen LogP contribution is 2.53. The zero-order valence-electron chi connectivity index (χ0n) is 26.5. The Kier molecular flexibility index (Phi) is 5.63. The number of benzene rings is 4. The molecule has 6 heteroatoms. The number of alkyl halides is 1. The summed E-state index contributed by atoms with van der Waals surface area (Å²) >= 11 is 0. The topological polar surface area (TPSA) is 47.1 Å². The smallest absolute Gasteiger partial charge is 0.150 e. The Morgan fingerprint density at radius 2 is 1.65 bits per heavy atom. The number of furan rings is 1. The molecule has 0 amide bonds. The van der Waals surface area contributed by atoms with Gasteiger partial charge in [-0.25, -0.2) is 14.4 Å². The van der Waals surface area contributed by atoms with Gasteiger partial charge in [0.25, 0.3) is 0 Å². The first-order valence-corrected chi connectivity index (χ1v) is 16.5. The fraction of sp³-hybridized carbons (Fsp3) is 0.143. The molecular weight excluding hydrogens is 595 g/mol. The van der Waals surface area contributed by atoms with Crippen molar-refractivity contribution in [2.45, 2.75) is 37.3 Å². The third-order valence-corrected chi connectivity index (χ3v) is 10.6. The largest absolute Gasteiger partial charge is 0.456 e. The van der Waals surface area contributed by atoms with Gasteiger partial charge in [-0.1, -0.05) is 86.7 Å². The maximum Gasteiger partial charge on any atom is 0.150 e. The van der Waals surface area contributed by atoms with Gasteiger partial charge < -0.3 is 8.98 Å². The molecule has 2 aliphatic heterocycles. The maximum atomic E-state index is 16.8. The molecule has 0 spiro atoms. The highest BCUT2D eigenvalue weighted by atomic mass is 19.1. The average Bonchev–Trinajstić information content (AvgIpc) is 3.76. The number of imidazole rings is 1. The van der Waals surface area contributed by atoms with Crippen LogP contribution in [0.1, 0.15) is 59.9 Å². The summed E-state index contributed by atoms with van der Waals surface area (Å²) in [4.78, 5) is 11.8. The monoisotopic (exact) mass is 626 g/mol. The first-order chi connectivity index (χ1) is 23.5. The van der Waals surface area contributed by atoms with Crippen LogP contribution in [-0.2, 0) is 5.41 Å². The second-order valence-corrected chi connectivity index (χ2v) is 13.5. The molecule has 3 aliphatic rings. The van der Waals surface area contributed by atoms with Crippen LogP contribution in [0.3, 0.4) is 0 Å². The number of pyridine rings is 1. The molecular formula is C42H31FN4O. The molecule has 0 bridgehead atoms. The highest BCUT2D eigenvalue weighted by Gasteiger charge is 2.39. The van der Waals surface area contributed by atoms with E-state index in [2.05, 4.69) is 84.0 Å². The molecule has 10 rings (SSSR count). The summed E-state index contributed by atoms with van der Waals surface area (Å²) in [7, 11) is 0. The lowest BCUT2D eigenvalue weighted by atomic mass is 9.74. The molecule has 0 saturated heterocycles. The minimum atomic E-state index is -1.32. The minimum absolute atomic E-state index is 0.0465. The van der Waals surface area contributed by atoms with Crippen molar-refractivity contribution in [1.82, 2.24) is 14.5 Å². The Bertz CT molecular complexity index is 2500. The van der Waals surface area contributed by atoms with Crippen LogP contribution in [0.25, 0.3) is 27.6 Å². The first-order valence-electron chi connectivity index (χ1n) is 16.5. The average molecular weight is 627 g/mol. The van der Waals surface area contributed by atoms with Gasteiger partial charge >= 0.3 is 0 Å². The van der Waals surface area contributed by atoms with E-state index < -0.39 is 6.17 Å². The number of allylic oxidation sites excluding steroid dienone is 4. The summed E-state index contributed by atoms with van der Waals surface area (Å²) < 4.78 is 25.3. The highest BCUT2D eigenvalue weighted by molar-refractivity contribution is 6.07. The van der Waals surface area contributed by atoms with Crippen molar-refractivity contribution in [1.29, 1.82) is 0 Å². The number of fused-ring (bicyclic) bond motifs is 11. The molecule has 0 fully saturated rings. The molecule has 3 atom stereocenters. The van der Waals surface area contributed by atoms with E-state index in [9.17, 15) is 0 Å². The minimum Gasteiger partial charge on any atom is -0.456 e. The Hall–Kier alpha value is -5.75. The molecule has 0 N–H and O–H groups in total. The van der Waals surface area contributed by atoms with Crippen LogP contribution < -0.4 is 4.90 Å². The van der Waals surface area contributed by atoms with Gasteiger partial charge in [0.05, 0.1) is 11.4 Å². The van der Waals surface area contributed by atoms with Crippen molar-refractivity contribution in [3.05, 3.63) is 168 Å². The third kappa shape index (κ3) is 3.77. The molecule has 232 valence electrons. The Labute approximate surface area is 277 Å². The standard InChI is InChI=1S/C42H31FN4O/c1-42(2)33-13-8-18-44-41(33)47(36-24-38-31(23-34(36)42)30-12-4-6-15-37(30)48-38)27-10-7-9-25(21-27)39(43)26-16-17-28-29-11-3-5-14-35(29)46-20-19-45-40(46)32(28)22-26/h3-24,28,32,39H,1-2H3. The second kappa shape index (κ2) is 9.88. The molecule has 3 aromatic heterocycles. The van der Waals surface area contributed by atoms with Gasteiger partial charge in [0.15, 0.2) is 6.17 Å². The van der Waals surface area contributed by atoms with E-state index in [0.717, 1.165) is 56.2 Å². The van der Waals surface area contributed by atoms with E-state index >= 15 is 4.39 Å². The lowest BCUT2D eigenvalue weighted by Crippen LogP contribution is -2.31. The number of para-hydroxylation sites is 2. The van der Waals surface area contributed by atoms with Gasteiger partial charge in [-0.2, -0.15) is 0 Å². The molecule has 5 nitrogen and oxygen atoms in total. The van der Waals surface area contributed by atoms with Gasteiger partial charge in [-0.15, -0.1) is 0 Å². The van der Waals surface area contributed by atoms with Gasteiger partial charge in [0, 0.05) is 63.9 Å². The molecule has 3 unspecified atom stereocenters. The van der Waals surface area contributed by atoms with Gasteiger partial charge in [0.2, 0.25) is 0 Å². The van der Waals surface area contributed by atoms with Gasteiger partial charge in [-0.3, -0.25) is 4.90 Å². The molecule has 7 aromatic rings. The number of halogens is 1. The van der Waals surface area contributed by atoms with E-state index in [1.807, 2.05) is 73.2 Å². The zero-order valence-corrected chi connectivity index (χ0v) is 26.5. The van der Waals surface area contributed by atoms with Crippen molar-refractivity contribution >= 4 is 39.1 Å². The molecule has 0 radical (unpaired) electrons. The van der Waals surface area contributed by atoms with E-state index in [1.54, 1.807) is 0 Å². The molecule has 4 aromatic carbocycles. The first kappa shape index (κ1) is 27.4. The van der Waals surface area contributed by atoms with Crippen LogP contribution in [-0.4, -0.2) is 14.5 Å².